The summed E-state index contributed by atoms with van der Waals surface area (Å²) in [6.07, 6.45) is 7.63. The highest BCUT2D eigenvalue weighted by molar-refractivity contribution is 5.16. The van der Waals surface area contributed by atoms with Crippen LogP contribution in [-0.4, -0.2) is 0 Å². The first-order valence-corrected chi connectivity index (χ1v) is 4.82. The molecule has 0 aromatic rings. The molecule has 13 heavy (non-hydrogen) atoms. The summed E-state index contributed by atoms with van der Waals surface area (Å²) in [4.78, 5) is 0. The highest BCUT2D eigenvalue weighted by Crippen LogP contribution is 2.32. The molecule has 0 saturated heterocycles. The highest BCUT2D eigenvalue weighted by atomic mass is 14.4. The number of nitrogens with zero attached hydrogens (tertiary/aromatic N) is 1. The van der Waals surface area contributed by atoms with Crippen LogP contribution in [0.1, 0.15) is 33.6 Å². The second-order valence-corrected chi connectivity index (χ2v) is 3.61. The van der Waals surface area contributed by atoms with E-state index in [9.17, 15) is 0 Å². The zero-order valence-electron chi connectivity index (χ0n) is 8.88. The Morgan fingerprint density at radius 1 is 1.54 bits per heavy atom. The molecule has 0 aliphatic carbocycles. The standard InChI is InChI=1S/C12H19N/c1-5-7-9-12(10-13,8-6-2)11(3)4/h6-7,9,11H,2,5,8H2,1,3-4H3. The van der Waals surface area contributed by atoms with Crippen LogP contribution in [0.3, 0.4) is 0 Å². The van der Waals surface area contributed by atoms with E-state index in [1.165, 1.54) is 0 Å². The minimum Gasteiger partial charge on any atom is -0.197 e. The first-order valence-electron chi connectivity index (χ1n) is 4.82. The molecule has 1 nitrogen and oxygen atoms in total. The minimum absolute atomic E-state index is 0.332. The second kappa shape index (κ2) is 5.59. The normalized spacial score (nSPS) is 15.6. The smallest absolute Gasteiger partial charge is 0.0810 e. The average Bonchev–Trinajstić information content (AvgIpc) is 2.12. The molecular formula is C12H19N. The molecule has 1 heteroatoms. The summed E-state index contributed by atoms with van der Waals surface area (Å²) >= 11 is 0. The molecule has 72 valence electrons. The maximum absolute atomic E-state index is 9.16. The van der Waals surface area contributed by atoms with E-state index in [0.717, 1.165) is 12.8 Å². The molecule has 0 aliphatic rings. The maximum atomic E-state index is 9.16. The van der Waals surface area contributed by atoms with Crippen molar-refractivity contribution in [2.45, 2.75) is 33.6 Å². The Morgan fingerprint density at radius 2 is 2.15 bits per heavy atom. The quantitative estimate of drug-likeness (QED) is 0.587. The summed E-state index contributed by atoms with van der Waals surface area (Å²) in [5, 5.41) is 9.16. The van der Waals surface area contributed by atoms with Gasteiger partial charge in [0.1, 0.15) is 0 Å². The number of hydrogen-bond donors (Lipinski definition) is 0. The molecule has 0 amide bonds. The summed E-state index contributed by atoms with van der Waals surface area (Å²) in [6.45, 7) is 9.93. The van der Waals surface area contributed by atoms with Gasteiger partial charge in [0, 0.05) is 0 Å². The Kier molecular flexibility index (Phi) is 5.14. The first-order chi connectivity index (χ1) is 6.13. The van der Waals surface area contributed by atoms with Crippen molar-refractivity contribution >= 4 is 0 Å². The lowest BCUT2D eigenvalue weighted by Crippen LogP contribution is -2.22. The van der Waals surface area contributed by atoms with Crippen LogP contribution in [0.2, 0.25) is 0 Å². The molecule has 0 saturated carbocycles. The number of allylic oxidation sites excluding steroid dienone is 3. The Hall–Kier alpha value is -1.03. The van der Waals surface area contributed by atoms with Crippen LogP contribution in [0, 0.1) is 22.7 Å². The predicted octanol–water partition coefficient (Wildman–Crippen LogP) is 3.69. The van der Waals surface area contributed by atoms with E-state index in [1.54, 1.807) is 0 Å². The lowest BCUT2D eigenvalue weighted by atomic mass is 9.75. The van der Waals surface area contributed by atoms with Crippen LogP contribution < -0.4 is 0 Å². The van der Waals surface area contributed by atoms with Crippen LogP contribution in [0.4, 0.5) is 0 Å². The summed E-state index contributed by atoms with van der Waals surface area (Å²) in [5.41, 5.74) is -0.349. The van der Waals surface area contributed by atoms with Gasteiger partial charge in [-0.05, 0) is 18.8 Å². The largest absolute Gasteiger partial charge is 0.197 e. The van der Waals surface area contributed by atoms with E-state index >= 15 is 0 Å². The molecule has 0 N–H and O–H groups in total. The molecule has 0 radical (unpaired) electrons. The molecule has 0 rings (SSSR count). The van der Waals surface area contributed by atoms with Gasteiger partial charge in [0.05, 0.1) is 11.5 Å². The van der Waals surface area contributed by atoms with Gasteiger partial charge in [-0.2, -0.15) is 5.26 Å². The summed E-state index contributed by atoms with van der Waals surface area (Å²) < 4.78 is 0. The van der Waals surface area contributed by atoms with Crippen LogP contribution >= 0.6 is 0 Å². The maximum Gasteiger partial charge on any atom is 0.0810 e. The molecule has 0 bridgehead atoms. The van der Waals surface area contributed by atoms with Gasteiger partial charge in [-0.25, -0.2) is 0 Å². The molecule has 0 aromatic carbocycles. The van der Waals surface area contributed by atoms with Crippen LogP contribution in [0.5, 0.6) is 0 Å². The third-order valence-electron chi connectivity index (χ3n) is 2.37. The van der Waals surface area contributed by atoms with Gasteiger partial charge in [0.2, 0.25) is 0 Å². The van der Waals surface area contributed by atoms with Gasteiger partial charge >= 0.3 is 0 Å². The van der Waals surface area contributed by atoms with Crippen molar-refractivity contribution in [2.24, 2.45) is 11.3 Å². The number of nitriles is 1. The van der Waals surface area contributed by atoms with Crippen molar-refractivity contribution < 1.29 is 0 Å². The highest BCUT2D eigenvalue weighted by Gasteiger charge is 2.29. The van der Waals surface area contributed by atoms with Gasteiger partial charge in [-0.3, -0.25) is 0 Å². The van der Waals surface area contributed by atoms with Gasteiger partial charge < -0.3 is 0 Å². The lowest BCUT2D eigenvalue weighted by Gasteiger charge is -2.25. The molecule has 0 fully saturated rings. The number of rotatable bonds is 5. The Labute approximate surface area is 81.8 Å². The van der Waals surface area contributed by atoms with Crippen molar-refractivity contribution in [1.82, 2.24) is 0 Å². The fourth-order valence-electron chi connectivity index (χ4n) is 1.28. The predicted molar refractivity (Wildman–Crippen MR) is 57.1 cm³/mol. The monoisotopic (exact) mass is 177 g/mol. The van der Waals surface area contributed by atoms with E-state index in [1.807, 2.05) is 12.2 Å². The Morgan fingerprint density at radius 3 is 2.46 bits per heavy atom. The molecule has 0 spiro atoms. The third kappa shape index (κ3) is 3.06. The molecule has 1 atom stereocenters. The zero-order valence-corrected chi connectivity index (χ0v) is 8.88. The second-order valence-electron chi connectivity index (χ2n) is 3.61. The molecule has 1 unspecified atom stereocenters. The van der Waals surface area contributed by atoms with Crippen molar-refractivity contribution in [3.63, 3.8) is 0 Å². The van der Waals surface area contributed by atoms with E-state index in [0.29, 0.717) is 5.92 Å². The molecule has 0 aromatic heterocycles. The van der Waals surface area contributed by atoms with Gasteiger partial charge in [-0.1, -0.05) is 39.0 Å². The van der Waals surface area contributed by atoms with Crippen molar-refractivity contribution in [1.29, 1.82) is 5.26 Å². The fraction of sp³-hybridized carbons (Fsp3) is 0.583. The first kappa shape index (κ1) is 12.0. The third-order valence-corrected chi connectivity index (χ3v) is 2.37. The van der Waals surface area contributed by atoms with E-state index in [4.69, 9.17) is 5.26 Å². The Balaban J connectivity index is 4.77. The van der Waals surface area contributed by atoms with Gasteiger partial charge in [0.25, 0.3) is 0 Å². The van der Waals surface area contributed by atoms with Crippen molar-refractivity contribution in [3.8, 4) is 6.07 Å². The number of hydrogen-bond acceptors (Lipinski definition) is 1. The van der Waals surface area contributed by atoms with Gasteiger partial charge in [-0.15, -0.1) is 6.58 Å². The summed E-state index contributed by atoms with van der Waals surface area (Å²) in [7, 11) is 0. The SMILES string of the molecule is C=CCC(C#N)(C=CCC)C(C)C. The Bertz CT molecular complexity index is 220. The lowest BCUT2D eigenvalue weighted by molar-refractivity contribution is 0.361. The van der Waals surface area contributed by atoms with Crippen molar-refractivity contribution in [3.05, 3.63) is 24.8 Å². The molecule has 0 heterocycles. The van der Waals surface area contributed by atoms with Crippen LogP contribution in [-0.2, 0) is 0 Å². The van der Waals surface area contributed by atoms with E-state index in [-0.39, 0.29) is 5.41 Å². The van der Waals surface area contributed by atoms with Gasteiger partial charge in [0.15, 0.2) is 0 Å². The average molecular weight is 177 g/mol. The summed E-state index contributed by atoms with van der Waals surface area (Å²) in [5.74, 6) is 0.332. The van der Waals surface area contributed by atoms with E-state index in [2.05, 4.69) is 39.5 Å². The van der Waals surface area contributed by atoms with Crippen LogP contribution in [0.25, 0.3) is 0 Å². The van der Waals surface area contributed by atoms with Crippen LogP contribution in [0.15, 0.2) is 24.8 Å². The molecular weight excluding hydrogens is 158 g/mol. The fourth-order valence-corrected chi connectivity index (χ4v) is 1.28. The molecule has 0 aliphatic heterocycles. The zero-order chi connectivity index (χ0) is 10.3. The minimum atomic E-state index is -0.349. The summed E-state index contributed by atoms with van der Waals surface area (Å²) in [6, 6.07) is 2.39. The van der Waals surface area contributed by atoms with E-state index < -0.39 is 0 Å². The topological polar surface area (TPSA) is 23.8 Å². The van der Waals surface area contributed by atoms with Crippen molar-refractivity contribution in [2.75, 3.05) is 0 Å².